The molecule has 34 heavy (non-hydrogen) atoms. The van der Waals surface area contributed by atoms with Crippen molar-refractivity contribution in [1.82, 2.24) is 14.9 Å². The maximum Gasteiger partial charge on any atom is 0.264 e. The van der Waals surface area contributed by atoms with Crippen molar-refractivity contribution in [3.05, 3.63) is 51.8 Å². The lowest BCUT2D eigenvalue weighted by Crippen LogP contribution is -2.24. The van der Waals surface area contributed by atoms with Crippen molar-refractivity contribution in [1.29, 1.82) is 0 Å². The first-order valence-electron chi connectivity index (χ1n) is 11.2. The number of rotatable bonds is 9. The Balaban J connectivity index is 1.57. The fourth-order valence-electron chi connectivity index (χ4n) is 4.50. The van der Waals surface area contributed by atoms with Gasteiger partial charge in [-0.25, -0.2) is 4.98 Å². The van der Waals surface area contributed by atoms with Crippen LogP contribution in [-0.2, 0) is 17.8 Å². The van der Waals surface area contributed by atoms with Gasteiger partial charge in [-0.05, 0) is 17.5 Å². The highest BCUT2D eigenvalue weighted by Gasteiger charge is 2.22. The highest BCUT2D eigenvalue weighted by molar-refractivity contribution is 5.90. The molecule has 1 aliphatic rings. The molecule has 0 amide bonds. The van der Waals surface area contributed by atoms with Crippen LogP contribution in [0.15, 0.2) is 35.1 Å². The van der Waals surface area contributed by atoms with E-state index < -0.39 is 0 Å². The van der Waals surface area contributed by atoms with Gasteiger partial charge in [-0.15, -0.1) is 0 Å². The van der Waals surface area contributed by atoms with E-state index in [9.17, 15) is 4.79 Å². The van der Waals surface area contributed by atoms with Gasteiger partial charge in [-0.2, -0.15) is 0 Å². The smallest absolute Gasteiger partial charge is 0.264 e. The molecule has 1 fully saturated rings. The average molecular weight is 469 g/mol. The van der Waals surface area contributed by atoms with Gasteiger partial charge in [0, 0.05) is 46.4 Å². The predicted octanol–water partition coefficient (Wildman–Crippen LogP) is 2.81. The van der Waals surface area contributed by atoms with Crippen molar-refractivity contribution in [2.45, 2.75) is 25.6 Å². The molecule has 2 aromatic carbocycles. The van der Waals surface area contributed by atoms with Crippen LogP contribution in [0, 0.1) is 0 Å². The second kappa shape index (κ2) is 10.3. The molecule has 182 valence electrons. The second-order valence-corrected chi connectivity index (χ2v) is 8.49. The summed E-state index contributed by atoms with van der Waals surface area (Å²) in [6, 6.07) is 10.2. The molecule has 1 atom stereocenters. The number of benzene rings is 2. The standard InChI is InChI=1S/C25H32N4O5/c1-28(13-16-7-6-8-17(11-16)14-29-10-9-18(15-29)31-2)25-26-19-12-20(32-3)22(33-4)23(34-5)21(19)24(30)27-25/h6-8,11-12,18H,9-10,13-15H2,1-5H3,(H,26,27,30). The largest absolute Gasteiger partial charge is 0.493 e. The zero-order valence-electron chi connectivity index (χ0n) is 20.4. The van der Waals surface area contributed by atoms with E-state index in [-0.39, 0.29) is 5.56 Å². The fraction of sp³-hybridized carbons (Fsp3) is 0.440. The minimum absolute atomic E-state index is 0.296. The predicted molar refractivity (Wildman–Crippen MR) is 131 cm³/mol. The van der Waals surface area contributed by atoms with Crippen molar-refractivity contribution >= 4 is 16.9 Å². The zero-order chi connectivity index (χ0) is 24.2. The molecular formula is C25H32N4O5. The first-order chi connectivity index (χ1) is 16.5. The number of fused-ring (bicyclic) bond motifs is 1. The highest BCUT2D eigenvalue weighted by Crippen LogP contribution is 2.41. The number of hydrogen-bond acceptors (Lipinski definition) is 8. The molecule has 1 aromatic heterocycles. The van der Waals surface area contributed by atoms with E-state index in [0.29, 0.717) is 46.7 Å². The van der Waals surface area contributed by atoms with Crippen molar-refractivity contribution < 1.29 is 18.9 Å². The van der Waals surface area contributed by atoms with Crippen molar-refractivity contribution in [2.24, 2.45) is 0 Å². The van der Waals surface area contributed by atoms with E-state index in [2.05, 4.69) is 39.1 Å². The first kappa shape index (κ1) is 23.8. The summed E-state index contributed by atoms with van der Waals surface area (Å²) in [6.45, 7) is 3.49. The zero-order valence-corrected chi connectivity index (χ0v) is 20.4. The summed E-state index contributed by atoms with van der Waals surface area (Å²) in [6.07, 6.45) is 1.39. The quantitative estimate of drug-likeness (QED) is 0.513. The van der Waals surface area contributed by atoms with Crippen LogP contribution in [0.1, 0.15) is 17.5 Å². The lowest BCUT2D eigenvalue weighted by atomic mass is 10.1. The molecule has 0 saturated carbocycles. The molecule has 9 nitrogen and oxygen atoms in total. The van der Waals surface area contributed by atoms with Gasteiger partial charge in [0.15, 0.2) is 11.5 Å². The van der Waals surface area contributed by atoms with Crippen LogP contribution in [0.25, 0.3) is 10.9 Å². The van der Waals surface area contributed by atoms with Gasteiger partial charge >= 0.3 is 0 Å². The lowest BCUT2D eigenvalue weighted by molar-refractivity contribution is 0.107. The molecule has 9 heteroatoms. The van der Waals surface area contributed by atoms with E-state index in [4.69, 9.17) is 18.9 Å². The van der Waals surface area contributed by atoms with Crippen LogP contribution >= 0.6 is 0 Å². The number of ether oxygens (including phenoxy) is 4. The lowest BCUT2D eigenvalue weighted by Gasteiger charge is -2.20. The third kappa shape index (κ3) is 4.80. The summed E-state index contributed by atoms with van der Waals surface area (Å²) in [5, 5.41) is 0.319. The molecule has 0 spiro atoms. The molecule has 1 N–H and O–H groups in total. The number of aromatic amines is 1. The minimum atomic E-state index is -0.305. The number of H-pyrrole nitrogens is 1. The van der Waals surface area contributed by atoms with Gasteiger partial charge in [-0.3, -0.25) is 14.7 Å². The number of aromatic nitrogens is 2. The molecule has 0 radical (unpaired) electrons. The summed E-state index contributed by atoms with van der Waals surface area (Å²) in [7, 11) is 8.20. The third-order valence-electron chi connectivity index (χ3n) is 6.23. The Hall–Kier alpha value is -3.30. The summed E-state index contributed by atoms with van der Waals surface area (Å²) in [5.74, 6) is 1.56. The van der Waals surface area contributed by atoms with Crippen LogP contribution in [0.3, 0.4) is 0 Å². The number of hydrogen-bond donors (Lipinski definition) is 1. The molecule has 4 rings (SSSR count). The van der Waals surface area contributed by atoms with E-state index >= 15 is 0 Å². The third-order valence-corrected chi connectivity index (χ3v) is 6.23. The first-order valence-corrected chi connectivity index (χ1v) is 11.2. The summed E-state index contributed by atoms with van der Waals surface area (Å²) < 4.78 is 21.8. The van der Waals surface area contributed by atoms with Gasteiger partial charge in [0.2, 0.25) is 11.7 Å². The number of nitrogens with one attached hydrogen (secondary N) is 1. The van der Waals surface area contributed by atoms with Gasteiger partial charge in [0.25, 0.3) is 5.56 Å². The molecule has 1 unspecified atom stereocenters. The van der Waals surface area contributed by atoms with Gasteiger partial charge in [-0.1, -0.05) is 24.3 Å². The van der Waals surface area contributed by atoms with E-state index in [1.54, 1.807) is 13.2 Å². The second-order valence-electron chi connectivity index (χ2n) is 8.49. The van der Waals surface area contributed by atoms with Crippen LogP contribution in [0.2, 0.25) is 0 Å². The molecular weight excluding hydrogens is 436 g/mol. The molecule has 0 aliphatic carbocycles. The van der Waals surface area contributed by atoms with Gasteiger partial charge in [0.05, 0.1) is 33.0 Å². The number of likely N-dealkylation sites (tertiary alicyclic amines) is 1. The van der Waals surface area contributed by atoms with Crippen LogP contribution in [0.4, 0.5) is 5.95 Å². The maximum atomic E-state index is 13.0. The SMILES string of the molecule is COc1cc2nc(N(C)Cc3cccc(CN4CCC(OC)C4)c3)[nH]c(=O)c2c(OC)c1OC. The van der Waals surface area contributed by atoms with E-state index in [1.165, 1.54) is 26.9 Å². The normalized spacial score (nSPS) is 16.1. The Labute approximate surface area is 199 Å². The monoisotopic (exact) mass is 468 g/mol. The molecule has 1 aliphatic heterocycles. The van der Waals surface area contributed by atoms with Gasteiger partial charge in [0.1, 0.15) is 5.39 Å². The Kier molecular flexibility index (Phi) is 7.23. The highest BCUT2D eigenvalue weighted by atomic mass is 16.5. The van der Waals surface area contributed by atoms with Crippen LogP contribution in [-0.4, -0.2) is 69.5 Å². The molecule has 0 bridgehead atoms. The van der Waals surface area contributed by atoms with E-state index in [1.807, 2.05) is 11.9 Å². The molecule has 2 heterocycles. The summed E-state index contributed by atoms with van der Waals surface area (Å²) in [4.78, 5) is 24.9. The fourth-order valence-corrected chi connectivity index (χ4v) is 4.50. The summed E-state index contributed by atoms with van der Waals surface area (Å²) >= 11 is 0. The number of methoxy groups -OCH3 is 4. The van der Waals surface area contributed by atoms with Crippen molar-refractivity contribution in [3.8, 4) is 17.2 Å². The minimum Gasteiger partial charge on any atom is -0.493 e. The Bertz CT molecular complexity index is 1210. The van der Waals surface area contributed by atoms with E-state index in [0.717, 1.165) is 31.6 Å². The summed E-state index contributed by atoms with van der Waals surface area (Å²) in [5.41, 5.74) is 2.55. The van der Waals surface area contributed by atoms with Crippen molar-refractivity contribution in [2.75, 3.05) is 53.5 Å². The van der Waals surface area contributed by atoms with Crippen LogP contribution in [0.5, 0.6) is 17.2 Å². The Morgan fingerprint density at radius 1 is 1.09 bits per heavy atom. The average Bonchev–Trinajstić information content (AvgIpc) is 3.30. The molecule has 1 saturated heterocycles. The molecule has 3 aromatic rings. The van der Waals surface area contributed by atoms with Crippen LogP contribution < -0.4 is 24.7 Å². The Morgan fingerprint density at radius 2 is 1.85 bits per heavy atom. The van der Waals surface area contributed by atoms with Gasteiger partial charge < -0.3 is 23.8 Å². The van der Waals surface area contributed by atoms with Crippen molar-refractivity contribution in [3.63, 3.8) is 0 Å². The topological polar surface area (TPSA) is 89.2 Å². The maximum absolute atomic E-state index is 13.0. The Morgan fingerprint density at radius 3 is 2.53 bits per heavy atom. The number of nitrogens with zero attached hydrogens (tertiary/aromatic N) is 3. The number of anilines is 1.